The smallest absolute Gasteiger partial charge is 0.258 e. The fourth-order valence-corrected chi connectivity index (χ4v) is 3.64. The summed E-state index contributed by atoms with van der Waals surface area (Å²) in [7, 11) is 1.68. The van der Waals surface area contributed by atoms with E-state index in [1.54, 1.807) is 24.2 Å². The molecule has 0 saturated carbocycles. The van der Waals surface area contributed by atoms with E-state index in [0.29, 0.717) is 29.4 Å². The Morgan fingerprint density at radius 1 is 0.900 bits per heavy atom. The van der Waals surface area contributed by atoms with Crippen LogP contribution >= 0.6 is 0 Å². The van der Waals surface area contributed by atoms with Crippen LogP contribution in [0.3, 0.4) is 0 Å². The van der Waals surface area contributed by atoms with E-state index in [2.05, 4.69) is 4.98 Å². The highest BCUT2D eigenvalue weighted by Crippen LogP contribution is 2.20. The lowest BCUT2D eigenvalue weighted by molar-refractivity contribution is 0.0729. The zero-order chi connectivity index (χ0) is 21.1. The van der Waals surface area contributed by atoms with Gasteiger partial charge in [0, 0.05) is 36.3 Å². The Kier molecular flexibility index (Phi) is 5.44. The first-order chi connectivity index (χ1) is 14.5. The topological polar surface area (TPSA) is 55.2 Å². The van der Waals surface area contributed by atoms with Gasteiger partial charge in [-0.1, -0.05) is 54.6 Å². The molecule has 1 amide bonds. The number of benzene rings is 2. The minimum atomic E-state index is -0.131. The maximum Gasteiger partial charge on any atom is 0.258 e. The second-order valence-electron chi connectivity index (χ2n) is 7.42. The normalized spacial score (nSPS) is 10.9. The number of carbonyl (C=O) groups is 1. The van der Waals surface area contributed by atoms with E-state index in [4.69, 9.17) is 0 Å². The predicted octanol–water partition coefficient (Wildman–Crippen LogP) is 4.08. The zero-order valence-corrected chi connectivity index (χ0v) is 17.1. The molecule has 0 bridgehead atoms. The number of fused-ring (bicyclic) bond motifs is 1. The Bertz CT molecular complexity index is 1260. The summed E-state index contributed by atoms with van der Waals surface area (Å²) in [5, 5.41) is 1.21. The third-order valence-corrected chi connectivity index (χ3v) is 5.12. The van der Waals surface area contributed by atoms with Crippen LogP contribution in [0.15, 0.2) is 83.8 Å². The molecule has 0 aliphatic carbocycles. The fraction of sp³-hybridized carbons (Fsp3) is 0.160. The lowest BCUT2D eigenvalue weighted by Crippen LogP contribution is -2.32. The molecule has 4 aromatic rings. The Morgan fingerprint density at radius 3 is 2.33 bits per heavy atom. The summed E-state index contributed by atoms with van der Waals surface area (Å²) in [5.41, 5.74) is 3.17. The minimum Gasteiger partial charge on any atom is -0.328 e. The Labute approximate surface area is 175 Å². The van der Waals surface area contributed by atoms with E-state index < -0.39 is 0 Å². The average Bonchev–Trinajstić information content (AvgIpc) is 2.76. The van der Waals surface area contributed by atoms with Crippen LogP contribution in [-0.2, 0) is 20.1 Å². The van der Waals surface area contributed by atoms with E-state index in [-0.39, 0.29) is 11.5 Å². The molecule has 2 aromatic heterocycles. The maximum atomic E-state index is 13.7. The average molecular weight is 397 g/mol. The second kappa shape index (κ2) is 8.33. The number of rotatable bonds is 5. The molecule has 0 N–H and O–H groups in total. The molecule has 2 heterocycles. The van der Waals surface area contributed by atoms with Gasteiger partial charge in [0.25, 0.3) is 11.5 Å². The van der Waals surface area contributed by atoms with Gasteiger partial charge >= 0.3 is 0 Å². The molecule has 2 aromatic carbocycles. The summed E-state index contributed by atoms with van der Waals surface area (Å²) in [6.07, 6.45) is 1.63. The lowest BCUT2D eigenvalue weighted by atomic mass is 10.1. The van der Waals surface area contributed by atoms with E-state index in [0.717, 1.165) is 17.0 Å². The van der Waals surface area contributed by atoms with Gasteiger partial charge in [0.2, 0.25) is 0 Å². The fourth-order valence-electron chi connectivity index (χ4n) is 3.64. The first-order valence-electron chi connectivity index (χ1n) is 9.87. The van der Waals surface area contributed by atoms with Crippen LogP contribution in [0.5, 0.6) is 0 Å². The number of carbonyl (C=O) groups excluding carboxylic acids is 1. The first-order valence-corrected chi connectivity index (χ1v) is 9.87. The van der Waals surface area contributed by atoms with E-state index in [1.807, 2.05) is 73.7 Å². The monoisotopic (exact) mass is 397 g/mol. The number of aromatic nitrogens is 2. The highest BCUT2D eigenvalue weighted by molar-refractivity contribution is 6.06. The molecular formula is C25H23N3O2. The summed E-state index contributed by atoms with van der Waals surface area (Å²) in [6.45, 7) is 2.77. The van der Waals surface area contributed by atoms with E-state index in [1.165, 1.54) is 4.57 Å². The zero-order valence-electron chi connectivity index (χ0n) is 17.1. The van der Waals surface area contributed by atoms with Gasteiger partial charge in [-0.05, 0) is 30.7 Å². The number of nitrogens with zero attached hydrogens (tertiary/aromatic N) is 3. The molecule has 0 aliphatic rings. The maximum absolute atomic E-state index is 13.7. The molecule has 0 saturated heterocycles. The van der Waals surface area contributed by atoms with Gasteiger partial charge in [-0.25, -0.2) is 0 Å². The van der Waals surface area contributed by atoms with Crippen molar-refractivity contribution >= 4 is 16.7 Å². The molecule has 150 valence electrons. The van der Waals surface area contributed by atoms with Crippen molar-refractivity contribution in [2.75, 3.05) is 0 Å². The summed E-state index contributed by atoms with van der Waals surface area (Å²) in [4.78, 5) is 32.6. The summed E-state index contributed by atoms with van der Waals surface area (Å²) in [6, 6.07) is 23.0. The molecule has 0 unspecified atom stereocenters. The molecule has 30 heavy (non-hydrogen) atoms. The molecule has 5 nitrogen and oxygen atoms in total. The minimum absolute atomic E-state index is 0.114. The molecule has 0 radical (unpaired) electrons. The van der Waals surface area contributed by atoms with Crippen molar-refractivity contribution in [3.63, 3.8) is 0 Å². The van der Waals surface area contributed by atoms with Gasteiger partial charge in [0.05, 0.1) is 17.8 Å². The Hall–Kier alpha value is -3.73. The predicted molar refractivity (Wildman–Crippen MR) is 118 cm³/mol. The number of aryl methyl sites for hydroxylation is 2. The highest BCUT2D eigenvalue weighted by Gasteiger charge is 2.21. The van der Waals surface area contributed by atoms with Gasteiger partial charge in [0.15, 0.2) is 0 Å². The summed E-state index contributed by atoms with van der Waals surface area (Å²) < 4.78 is 1.47. The van der Waals surface area contributed by atoms with Crippen LogP contribution in [-0.4, -0.2) is 20.4 Å². The molecular weight excluding hydrogens is 374 g/mol. The van der Waals surface area contributed by atoms with Crippen molar-refractivity contribution in [1.29, 1.82) is 0 Å². The second-order valence-corrected chi connectivity index (χ2v) is 7.42. The molecule has 0 aliphatic heterocycles. The highest BCUT2D eigenvalue weighted by atomic mass is 16.2. The van der Waals surface area contributed by atoms with Crippen LogP contribution < -0.4 is 5.56 Å². The molecule has 0 fully saturated rings. The molecule has 4 rings (SSSR count). The van der Waals surface area contributed by atoms with Crippen molar-refractivity contribution in [3.05, 3.63) is 112 Å². The molecule has 0 atom stereocenters. The van der Waals surface area contributed by atoms with Crippen molar-refractivity contribution in [3.8, 4) is 0 Å². The van der Waals surface area contributed by atoms with Gasteiger partial charge in [0.1, 0.15) is 0 Å². The van der Waals surface area contributed by atoms with Crippen LogP contribution in [0.25, 0.3) is 10.8 Å². The standard InChI is InChI=1S/C25H23N3O2/c1-18-9-8-12-20(26-18)16-28(15-19-10-4-3-5-11-19)25(30)23-17-27(2)24(29)22-14-7-6-13-21(22)23/h3-14,17H,15-16H2,1-2H3. The van der Waals surface area contributed by atoms with Crippen LogP contribution in [0, 0.1) is 6.92 Å². The van der Waals surface area contributed by atoms with Crippen molar-refractivity contribution in [1.82, 2.24) is 14.5 Å². The molecule has 0 spiro atoms. The van der Waals surface area contributed by atoms with Gasteiger partial charge < -0.3 is 9.47 Å². The lowest BCUT2D eigenvalue weighted by Gasteiger charge is -2.24. The van der Waals surface area contributed by atoms with E-state index >= 15 is 0 Å². The van der Waals surface area contributed by atoms with Crippen molar-refractivity contribution < 1.29 is 4.79 Å². The summed E-state index contributed by atoms with van der Waals surface area (Å²) >= 11 is 0. The third kappa shape index (κ3) is 4.01. The number of amides is 1. The Morgan fingerprint density at radius 2 is 1.60 bits per heavy atom. The summed E-state index contributed by atoms with van der Waals surface area (Å²) in [5.74, 6) is -0.131. The number of hydrogen-bond acceptors (Lipinski definition) is 3. The van der Waals surface area contributed by atoms with Crippen LogP contribution in [0.4, 0.5) is 0 Å². The quantitative estimate of drug-likeness (QED) is 0.510. The first kappa shape index (κ1) is 19.6. The van der Waals surface area contributed by atoms with Crippen molar-refractivity contribution in [2.24, 2.45) is 7.05 Å². The van der Waals surface area contributed by atoms with E-state index in [9.17, 15) is 9.59 Å². The third-order valence-electron chi connectivity index (χ3n) is 5.12. The van der Waals surface area contributed by atoms with Crippen molar-refractivity contribution in [2.45, 2.75) is 20.0 Å². The largest absolute Gasteiger partial charge is 0.328 e. The van der Waals surface area contributed by atoms with Crippen LogP contribution in [0.2, 0.25) is 0 Å². The van der Waals surface area contributed by atoms with Gasteiger partial charge in [-0.15, -0.1) is 0 Å². The van der Waals surface area contributed by atoms with Gasteiger partial charge in [-0.3, -0.25) is 14.6 Å². The SMILES string of the molecule is Cc1cccc(CN(Cc2ccccc2)C(=O)c2cn(C)c(=O)c3ccccc23)n1. The Balaban J connectivity index is 1.78. The number of pyridine rings is 2. The van der Waals surface area contributed by atoms with Crippen LogP contribution in [0.1, 0.15) is 27.3 Å². The number of hydrogen-bond donors (Lipinski definition) is 0. The molecule has 5 heteroatoms. The van der Waals surface area contributed by atoms with Gasteiger partial charge in [-0.2, -0.15) is 0 Å².